The van der Waals surface area contributed by atoms with Gasteiger partial charge in [-0.25, -0.2) is 0 Å². The van der Waals surface area contributed by atoms with Gasteiger partial charge in [-0.15, -0.1) is 0 Å². The zero-order valence-corrected chi connectivity index (χ0v) is 10.2. The number of rotatable bonds is 1. The third kappa shape index (κ3) is 4.85. The maximum Gasteiger partial charge on any atom is 0.287 e. The van der Waals surface area contributed by atoms with Gasteiger partial charge in [0.05, 0.1) is 4.92 Å². The van der Waals surface area contributed by atoms with Crippen molar-refractivity contribution in [3.05, 3.63) is 74.8 Å². The summed E-state index contributed by atoms with van der Waals surface area (Å²) in [6.45, 7) is 0. The van der Waals surface area contributed by atoms with Crippen LogP contribution in [0.4, 0.5) is 5.69 Å². The van der Waals surface area contributed by atoms with Crippen LogP contribution >= 0.6 is 23.2 Å². The minimum absolute atomic E-state index is 0.0517. The molecule has 17 heavy (non-hydrogen) atoms. The molecule has 3 nitrogen and oxygen atoms in total. The van der Waals surface area contributed by atoms with Crippen LogP contribution in [0.25, 0.3) is 0 Å². The predicted octanol–water partition coefficient (Wildman–Crippen LogP) is 4.59. The molecule has 0 N–H and O–H groups in total. The minimum atomic E-state index is -0.512. The number of nitro groups is 1. The van der Waals surface area contributed by atoms with Crippen molar-refractivity contribution in [3.63, 3.8) is 0 Å². The van der Waals surface area contributed by atoms with Crippen LogP contribution < -0.4 is 0 Å². The van der Waals surface area contributed by atoms with Gasteiger partial charge in [0.15, 0.2) is 0 Å². The van der Waals surface area contributed by atoms with Crippen molar-refractivity contribution >= 4 is 28.9 Å². The quantitative estimate of drug-likeness (QED) is 0.562. The van der Waals surface area contributed by atoms with Crippen molar-refractivity contribution in [1.29, 1.82) is 0 Å². The van der Waals surface area contributed by atoms with E-state index in [1.54, 1.807) is 12.1 Å². The SMILES string of the molecule is Clc1ccccc1.O=[N+]([O-])c1ccccc1Cl. The second-order valence-corrected chi connectivity index (χ2v) is 3.85. The molecule has 2 aromatic carbocycles. The summed E-state index contributed by atoms with van der Waals surface area (Å²) in [5, 5.41) is 11.1. The largest absolute Gasteiger partial charge is 0.287 e. The molecule has 0 heterocycles. The van der Waals surface area contributed by atoms with Gasteiger partial charge < -0.3 is 0 Å². The Morgan fingerprint density at radius 2 is 1.41 bits per heavy atom. The summed E-state index contributed by atoms with van der Waals surface area (Å²) in [7, 11) is 0. The summed E-state index contributed by atoms with van der Waals surface area (Å²) in [6.07, 6.45) is 0. The fraction of sp³-hybridized carbons (Fsp3) is 0. The van der Waals surface area contributed by atoms with Crippen molar-refractivity contribution in [1.82, 2.24) is 0 Å². The molecule has 0 spiro atoms. The Labute approximate surface area is 109 Å². The number of halogens is 2. The third-order valence-electron chi connectivity index (χ3n) is 1.78. The zero-order chi connectivity index (χ0) is 12.7. The van der Waals surface area contributed by atoms with E-state index in [2.05, 4.69) is 0 Å². The highest BCUT2D eigenvalue weighted by Crippen LogP contribution is 2.21. The first-order valence-corrected chi connectivity index (χ1v) is 5.46. The molecule has 0 atom stereocenters. The maximum atomic E-state index is 10.1. The van der Waals surface area contributed by atoms with Gasteiger partial charge >= 0.3 is 0 Å². The van der Waals surface area contributed by atoms with E-state index in [4.69, 9.17) is 23.2 Å². The number of para-hydroxylation sites is 1. The Hall–Kier alpha value is -1.58. The van der Waals surface area contributed by atoms with Gasteiger partial charge in [-0.1, -0.05) is 53.5 Å². The van der Waals surface area contributed by atoms with Crippen molar-refractivity contribution in [2.45, 2.75) is 0 Å². The molecular weight excluding hydrogens is 261 g/mol. The van der Waals surface area contributed by atoms with Crippen molar-refractivity contribution < 1.29 is 4.92 Å². The average Bonchev–Trinajstić information content (AvgIpc) is 2.31. The first kappa shape index (κ1) is 13.5. The molecular formula is C12H9Cl2NO2. The predicted molar refractivity (Wildman–Crippen MR) is 69.6 cm³/mol. The Morgan fingerprint density at radius 1 is 0.882 bits per heavy atom. The molecule has 5 heteroatoms. The molecule has 0 unspecified atom stereocenters. The Bertz CT molecular complexity index is 489. The van der Waals surface area contributed by atoms with Crippen LogP contribution in [0.3, 0.4) is 0 Å². The summed E-state index contributed by atoms with van der Waals surface area (Å²) in [5.41, 5.74) is -0.0517. The van der Waals surface area contributed by atoms with Gasteiger partial charge in [-0.2, -0.15) is 0 Å². The maximum absolute atomic E-state index is 10.1. The lowest BCUT2D eigenvalue weighted by molar-refractivity contribution is -0.384. The average molecular weight is 270 g/mol. The van der Waals surface area contributed by atoms with Crippen LogP contribution in [0, 0.1) is 10.1 Å². The van der Waals surface area contributed by atoms with E-state index in [9.17, 15) is 10.1 Å². The van der Waals surface area contributed by atoms with Crippen LogP contribution in [-0.4, -0.2) is 4.92 Å². The van der Waals surface area contributed by atoms with Gasteiger partial charge in [0.25, 0.3) is 5.69 Å². The van der Waals surface area contributed by atoms with Gasteiger partial charge in [0.1, 0.15) is 5.02 Å². The summed E-state index contributed by atoms with van der Waals surface area (Å²) >= 11 is 11.0. The Balaban J connectivity index is 0.000000181. The normalized spacial score (nSPS) is 9.06. The molecule has 88 valence electrons. The van der Waals surface area contributed by atoms with E-state index in [0.717, 1.165) is 5.02 Å². The van der Waals surface area contributed by atoms with Gasteiger partial charge in [0.2, 0.25) is 0 Å². The molecule has 0 fully saturated rings. The zero-order valence-electron chi connectivity index (χ0n) is 8.72. The molecule has 0 aromatic heterocycles. The van der Waals surface area contributed by atoms with Gasteiger partial charge in [-0.05, 0) is 18.2 Å². The molecule has 0 bridgehead atoms. The molecule has 0 aliphatic carbocycles. The fourth-order valence-electron chi connectivity index (χ4n) is 1.01. The lowest BCUT2D eigenvalue weighted by Gasteiger charge is -1.90. The number of nitrogens with zero attached hydrogens (tertiary/aromatic N) is 1. The van der Waals surface area contributed by atoms with E-state index >= 15 is 0 Å². The monoisotopic (exact) mass is 269 g/mol. The minimum Gasteiger partial charge on any atom is -0.258 e. The summed E-state index contributed by atoms with van der Waals surface area (Å²) in [6, 6.07) is 15.5. The smallest absolute Gasteiger partial charge is 0.258 e. The number of hydrogen-bond donors (Lipinski definition) is 0. The highest BCUT2D eigenvalue weighted by Gasteiger charge is 2.08. The first-order chi connectivity index (χ1) is 8.11. The molecule has 2 rings (SSSR count). The van der Waals surface area contributed by atoms with Crippen LogP contribution in [-0.2, 0) is 0 Å². The van der Waals surface area contributed by atoms with E-state index in [1.165, 1.54) is 12.1 Å². The lowest BCUT2D eigenvalue weighted by Crippen LogP contribution is -1.87. The van der Waals surface area contributed by atoms with Crippen LogP contribution in [0.15, 0.2) is 54.6 Å². The highest BCUT2D eigenvalue weighted by atomic mass is 35.5. The summed E-state index contributed by atoms with van der Waals surface area (Å²) < 4.78 is 0. The Morgan fingerprint density at radius 3 is 1.76 bits per heavy atom. The highest BCUT2D eigenvalue weighted by molar-refractivity contribution is 6.32. The number of benzene rings is 2. The summed E-state index contributed by atoms with van der Waals surface area (Å²) in [4.78, 5) is 9.63. The molecule has 0 amide bonds. The van der Waals surface area contributed by atoms with Crippen molar-refractivity contribution in [2.75, 3.05) is 0 Å². The van der Waals surface area contributed by atoms with Crippen molar-refractivity contribution in [2.24, 2.45) is 0 Å². The van der Waals surface area contributed by atoms with Crippen molar-refractivity contribution in [3.8, 4) is 0 Å². The Kier molecular flexibility index (Phi) is 5.46. The second kappa shape index (κ2) is 6.89. The first-order valence-electron chi connectivity index (χ1n) is 4.70. The van der Waals surface area contributed by atoms with Gasteiger partial charge in [0, 0.05) is 11.1 Å². The van der Waals surface area contributed by atoms with E-state index in [-0.39, 0.29) is 10.7 Å². The number of hydrogen-bond acceptors (Lipinski definition) is 2. The van der Waals surface area contributed by atoms with Crippen LogP contribution in [0.1, 0.15) is 0 Å². The third-order valence-corrected chi connectivity index (χ3v) is 2.35. The standard InChI is InChI=1S/C6H4ClNO2.C6H5Cl/c7-5-3-1-2-4-6(5)8(9)10;7-6-4-2-1-3-5-6/h1-4H;1-5H. The van der Waals surface area contributed by atoms with Crippen LogP contribution in [0.5, 0.6) is 0 Å². The molecule has 0 radical (unpaired) electrons. The van der Waals surface area contributed by atoms with E-state index in [1.807, 2.05) is 30.3 Å². The second-order valence-electron chi connectivity index (χ2n) is 3.00. The molecule has 0 saturated carbocycles. The lowest BCUT2D eigenvalue weighted by atomic mass is 10.3. The van der Waals surface area contributed by atoms with Crippen LogP contribution in [0.2, 0.25) is 10.0 Å². The fourth-order valence-corrected chi connectivity index (χ4v) is 1.36. The molecule has 0 aliphatic rings. The molecule has 0 saturated heterocycles. The van der Waals surface area contributed by atoms with Gasteiger partial charge in [-0.3, -0.25) is 10.1 Å². The van der Waals surface area contributed by atoms with E-state index < -0.39 is 4.92 Å². The topological polar surface area (TPSA) is 43.1 Å². The molecule has 2 aromatic rings. The van der Waals surface area contributed by atoms with E-state index in [0.29, 0.717) is 0 Å². The molecule has 0 aliphatic heterocycles. The number of nitro benzene ring substituents is 1. The summed E-state index contributed by atoms with van der Waals surface area (Å²) in [5.74, 6) is 0.